The van der Waals surface area contributed by atoms with Crippen molar-refractivity contribution in [3.8, 4) is 5.75 Å². The smallest absolute Gasteiger partial charge is 0.118 e. The zero-order valence-electron chi connectivity index (χ0n) is 11.9. The highest BCUT2D eigenvalue weighted by molar-refractivity contribution is 6.20. The van der Waals surface area contributed by atoms with Crippen molar-refractivity contribution in [3.05, 3.63) is 65.7 Å². The van der Waals surface area contributed by atoms with Gasteiger partial charge in [-0.05, 0) is 48.9 Å². The maximum absolute atomic E-state index is 6.42. The molecule has 1 atom stereocenters. The topological polar surface area (TPSA) is 9.23 Å². The molecule has 0 aliphatic rings. The molecule has 0 amide bonds. The third-order valence-electron chi connectivity index (χ3n) is 3.44. The molecule has 1 unspecified atom stereocenters. The maximum atomic E-state index is 6.42. The van der Waals surface area contributed by atoms with Crippen LogP contribution in [0.25, 0.3) is 0 Å². The highest BCUT2D eigenvalue weighted by Crippen LogP contribution is 2.17. The second kappa shape index (κ2) is 7.96. The Bertz CT molecular complexity index is 493. The quantitative estimate of drug-likeness (QED) is 0.661. The van der Waals surface area contributed by atoms with E-state index in [1.807, 2.05) is 12.1 Å². The maximum Gasteiger partial charge on any atom is 0.118 e. The molecule has 0 N–H and O–H groups in total. The molecule has 0 heterocycles. The van der Waals surface area contributed by atoms with E-state index in [1.165, 1.54) is 11.1 Å². The van der Waals surface area contributed by atoms with Crippen molar-refractivity contribution < 1.29 is 4.74 Å². The van der Waals surface area contributed by atoms with E-state index in [0.717, 1.165) is 31.4 Å². The Morgan fingerprint density at radius 1 is 0.950 bits per heavy atom. The van der Waals surface area contributed by atoms with Crippen LogP contribution >= 0.6 is 11.6 Å². The largest absolute Gasteiger partial charge is 0.497 e. The number of hydrogen-bond acceptors (Lipinski definition) is 1. The summed E-state index contributed by atoms with van der Waals surface area (Å²) in [6.07, 6.45) is 4.20. The van der Waals surface area contributed by atoms with E-state index in [1.54, 1.807) is 7.11 Å². The minimum Gasteiger partial charge on any atom is -0.497 e. The van der Waals surface area contributed by atoms with Gasteiger partial charge in [0.15, 0.2) is 0 Å². The van der Waals surface area contributed by atoms with E-state index in [-0.39, 0.29) is 5.38 Å². The molecular weight excluding hydrogens is 268 g/mol. The molecule has 0 saturated carbocycles. The Morgan fingerprint density at radius 3 is 2.30 bits per heavy atom. The third kappa shape index (κ3) is 4.90. The van der Waals surface area contributed by atoms with Crippen molar-refractivity contribution in [2.24, 2.45) is 0 Å². The average molecular weight is 289 g/mol. The molecule has 106 valence electrons. The number of halogens is 1. The van der Waals surface area contributed by atoms with Gasteiger partial charge in [-0.15, -0.1) is 11.6 Å². The summed E-state index contributed by atoms with van der Waals surface area (Å²) >= 11 is 6.42. The molecule has 0 fully saturated rings. The van der Waals surface area contributed by atoms with Gasteiger partial charge in [0.1, 0.15) is 5.75 Å². The number of rotatable bonds is 7. The highest BCUT2D eigenvalue weighted by atomic mass is 35.5. The van der Waals surface area contributed by atoms with Crippen LogP contribution in [0.5, 0.6) is 5.75 Å². The predicted octanol–water partition coefficient (Wildman–Crippen LogP) is 4.87. The van der Waals surface area contributed by atoms with Gasteiger partial charge >= 0.3 is 0 Å². The van der Waals surface area contributed by atoms with Crippen LogP contribution in [-0.2, 0) is 12.8 Å². The molecule has 0 saturated heterocycles. The minimum absolute atomic E-state index is 0.201. The lowest BCUT2D eigenvalue weighted by molar-refractivity contribution is 0.414. The number of aryl methyl sites for hydroxylation is 1. The van der Waals surface area contributed by atoms with Crippen molar-refractivity contribution in [3.63, 3.8) is 0 Å². The Kier molecular flexibility index (Phi) is 5.94. The molecule has 0 aliphatic carbocycles. The summed E-state index contributed by atoms with van der Waals surface area (Å²) in [5.41, 5.74) is 2.66. The second-order valence-electron chi connectivity index (χ2n) is 5.03. The van der Waals surface area contributed by atoms with E-state index >= 15 is 0 Å². The van der Waals surface area contributed by atoms with Gasteiger partial charge in [-0.2, -0.15) is 0 Å². The van der Waals surface area contributed by atoms with Crippen LogP contribution in [0.2, 0.25) is 0 Å². The zero-order chi connectivity index (χ0) is 14.2. The summed E-state index contributed by atoms with van der Waals surface area (Å²) in [6.45, 7) is 0. The van der Waals surface area contributed by atoms with E-state index in [9.17, 15) is 0 Å². The van der Waals surface area contributed by atoms with Gasteiger partial charge in [0.25, 0.3) is 0 Å². The van der Waals surface area contributed by atoms with Crippen LogP contribution in [0.1, 0.15) is 24.0 Å². The summed E-state index contributed by atoms with van der Waals surface area (Å²) < 4.78 is 5.16. The van der Waals surface area contributed by atoms with Gasteiger partial charge in [0, 0.05) is 5.38 Å². The molecule has 0 bridgehead atoms. The first-order valence-corrected chi connectivity index (χ1v) is 7.52. The Morgan fingerprint density at radius 2 is 1.65 bits per heavy atom. The minimum atomic E-state index is 0.201. The van der Waals surface area contributed by atoms with E-state index in [4.69, 9.17) is 16.3 Å². The summed E-state index contributed by atoms with van der Waals surface area (Å²) in [6, 6.07) is 18.7. The van der Waals surface area contributed by atoms with Crippen molar-refractivity contribution in [2.45, 2.75) is 31.1 Å². The van der Waals surface area contributed by atoms with Crippen LogP contribution < -0.4 is 4.74 Å². The van der Waals surface area contributed by atoms with E-state index in [2.05, 4.69) is 42.5 Å². The average Bonchev–Trinajstić information content (AvgIpc) is 2.49. The molecule has 0 radical (unpaired) electrons. The Balaban J connectivity index is 1.73. The number of benzene rings is 2. The monoisotopic (exact) mass is 288 g/mol. The van der Waals surface area contributed by atoms with Crippen LogP contribution in [0.4, 0.5) is 0 Å². The zero-order valence-corrected chi connectivity index (χ0v) is 12.6. The SMILES string of the molecule is COc1ccc(CC(Cl)CCCc2ccccc2)cc1. The van der Waals surface area contributed by atoms with Crippen LogP contribution in [-0.4, -0.2) is 12.5 Å². The first-order valence-electron chi connectivity index (χ1n) is 7.09. The molecule has 1 nitrogen and oxygen atoms in total. The van der Waals surface area contributed by atoms with Crippen LogP contribution in [0, 0.1) is 0 Å². The highest BCUT2D eigenvalue weighted by Gasteiger charge is 2.06. The Labute approximate surface area is 126 Å². The van der Waals surface area contributed by atoms with Gasteiger partial charge in [-0.1, -0.05) is 42.5 Å². The summed E-state index contributed by atoms with van der Waals surface area (Å²) in [4.78, 5) is 0. The first kappa shape index (κ1) is 14.9. The molecule has 2 heteroatoms. The van der Waals surface area contributed by atoms with Gasteiger partial charge in [-0.25, -0.2) is 0 Å². The van der Waals surface area contributed by atoms with Crippen molar-refractivity contribution in [2.75, 3.05) is 7.11 Å². The standard InChI is InChI=1S/C18H21ClO/c1-20-18-12-10-16(11-13-18)14-17(19)9-5-8-15-6-3-2-4-7-15/h2-4,6-7,10-13,17H,5,8-9,14H2,1H3. The van der Waals surface area contributed by atoms with Crippen LogP contribution in [0.3, 0.4) is 0 Å². The van der Waals surface area contributed by atoms with Crippen molar-refractivity contribution in [1.29, 1.82) is 0 Å². The molecule has 0 aliphatic heterocycles. The third-order valence-corrected chi connectivity index (χ3v) is 3.81. The fourth-order valence-corrected chi connectivity index (χ4v) is 2.62. The van der Waals surface area contributed by atoms with Gasteiger partial charge in [0.2, 0.25) is 0 Å². The van der Waals surface area contributed by atoms with Gasteiger partial charge in [0.05, 0.1) is 7.11 Å². The fraction of sp³-hybridized carbons (Fsp3) is 0.333. The molecule has 20 heavy (non-hydrogen) atoms. The van der Waals surface area contributed by atoms with Crippen LogP contribution in [0.15, 0.2) is 54.6 Å². The molecule has 2 aromatic carbocycles. The molecular formula is C18H21ClO. The van der Waals surface area contributed by atoms with Crippen molar-refractivity contribution >= 4 is 11.6 Å². The van der Waals surface area contributed by atoms with E-state index < -0.39 is 0 Å². The van der Waals surface area contributed by atoms with Crippen molar-refractivity contribution in [1.82, 2.24) is 0 Å². The Hall–Kier alpha value is -1.47. The first-order chi connectivity index (χ1) is 9.78. The number of methoxy groups -OCH3 is 1. The summed E-state index contributed by atoms with van der Waals surface area (Å²) in [7, 11) is 1.68. The molecule has 2 rings (SSSR count). The fourth-order valence-electron chi connectivity index (χ4n) is 2.29. The molecule has 2 aromatic rings. The lowest BCUT2D eigenvalue weighted by atomic mass is 10.0. The number of ether oxygens (including phenoxy) is 1. The molecule has 0 spiro atoms. The van der Waals surface area contributed by atoms with E-state index in [0.29, 0.717) is 0 Å². The van der Waals surface area contributed by atoms with Gasteiger partial charge in [-0.3, -0.25) is 0 Å². The second-order valence-corrected chi connectivity index (χ2v) is 5.64. The normalized spacial score (nSPS) is 12.1. The van der Waals surface area contributed by atoms with Gasteiger partial charge < -0.3 is 4.74 Å². The number of alkyl halides is 1. The predicted molar refractivity (Wildman–Crippen MR) is 85.7 cm³/mol. The number of hydrogen-bond donors (Lipinski definition) is 0. The lowest BCUT2D eigenvalue weighted by Crippen LogP contribution is -2.04. The summed E-state index contributed by atoms with van der Waals surface area (Å²) in [5, 5.41) is 0.201. The molecule has 0 aromatic heterocycles. The lowest BCUT2D eigenvalue weighted by Gasteiger charge is -2.10. The summed E-state index contributed by atoms with van der Waals surface area (Å²) in [5.74, 6) is 0.893.